The quantitative estimate of drug-likeness (QED) is 0.528. The van der Waals surface area contributed by atoms with Gasteiger partial charge in [-0.1, -0.05) is 0 Å². The zero-order valence-electron chi connectivity index (χ0n) is 19.4. The number of hydrogen-bond donors (Lipinski definition) is 0. The van der Waals surface area contributed by atoms with Crippen LogP contribution in [0.25, 0.3) is 11.3 Å². The molecule has 1 atom stereocenters. The molecule has 0 saturated carbocycles. The zero-order valence-corrected chi connectivity index (χ0v) is 19.4. The van der Waals surface area contributed by atoms with Crippen molar-refractivity contribution in [2.75, 3.05) is 45.3 Å². The number of anilines is 1. The Labute approximate surface area is 197 Å². The molecule has 2 heterocycles. The van der Waals surface area contributed by atoms with Crippen LogP contribution in [-0.4, -0.2) is 67.5 Å². The Morgan fingerprint density at radius 2 is 1.62 bits per heavy atom. The standard InChI is InChI=1S/C25H27FN4O4/c1-17(34-19-6-4-18(26)5-7-19)25(31)30-14-12-29(13-15-30)24-11-9-22(27-28-24)21-16-20(32-2)8-10-23(21)33-3/h4-11,16-17H,12-15H2,1-3H3. The minimum atomic E-state index is -0.658. The SMILES string of the molecule is COc1ccc(OC)c(-c2ccc(N3CCN(C(=O)C(C)Oc4ccc(F)cc4)CC3)nn2)c1. The van der Waals surface area contributed by atoms with Gasteiger partial charge in [-0.25, -0.2) is 4.39 Å². The minimum absolute atomic E-state index is 0.101. The molecule has 0 radical (unpaired) electrons. The lowest BCUT2D eigenvalue weighted by molar-refractivity contribution is -0.138. The summed E-state index contributed by atoms with van der Waals surface area (Å²) in [7, 11) is 3.22. The molecule has 0 spiro atoms. The number of rotatable bonds is 7. The molecule has 178 valence electrons. The van der Waals surface area contributed by atoms with Crippen molar-refractivity contribution in [3.05, 3.63) is 60.4 Å². The number of aromatic nitrogens is 2. The Balaban J connectivity index is 1.36. The number of carbonyl (C=O) groups excluding carboxylic acids is 1. The van der Waals surface area contributed by atoms with Gasteiger partial charge in [0.05, 0.1) is 19.9 Å². The summed E-state index contributed by atoms with van der Waals surface area (Å²) in [5.41, 5.74) is 1.48. The molecular formula is C25H27FN4O4. The van der Waals surface area contributed by atoms with Gasteiger partial charge in [0.25, 0.3) is 5.91 Å². The van der Waals surface area contributed by atoms with E-state index in [2.05, 4.69) is 15.1 Å². The highest BCUT2D eigenvalue weighted by Crippen LogP contribution is 2.32. The summed E-state index contributed by atoms with van der Waals surface area (Å²) >= 11 is 0. The van der Waals surface area contributed by atoms with Crippen LogP contribution in [0.1, 0.15) is 6.92 Å². The van der Waals surface area contributed by atoms with Crippen molar-refractivity contribution >= 4 is 11.7 Å². The lowest BCUT2D eigenvalue weighted by atomic mass is 10.1. The van der Waals surface area contributed by atoms with Gasteiger partial charge in [0.15, 0.2) is 11.9 Å². The Morgan fingerprint density at radius 3 is 2.24 bits per heavy atom. The monoisotopic (exact) mass is 466 g/mol. The fraction of sp³-hybridized carbons (Fsp3) is 0.320. The maximum Gasteiger partial charge on any atom is 0.263 e. The molecule has 1 aliphatic rings. The van der Waals surface area contributed by atoms with Gasteiger partial charge < -0.3 is 24.0 Å². The maximum atomic E-state index is 13.1. The number of benzene rings is 2. The van der Waals surface area contributed by atoms with Crippen LogP contribution in [0.5, 0.6) is 17.2 Å². The molecule has 0 bridgehead atoms. The van der Waals surface area contributed by atoms with Gasteiger partial charge in [0.1, 0.15) is 23.1 Å². The average molecular weight is 467 g/mol. The van der Waals surface area contributed by atoms with Gasteiger partial charge in [0.2, 0.25) is 0 Å². The molecule has 2 aromatic carbocycles. The van der Waals surface area contributed by atoms with E-state index in [1.54, 1.807) is 26.0 Å². The van der Waals surface area contributed by atoms with E-state index in [4.69, 9.17) is 14.2 Å². The number of amides is 1. The van der Waals surface area contributed by atoms with E-state index in [-0.39, 0.29) is 11.7 Å². The highest BCUT2D eigenvalue weighted by Gasteiger charge is 2.27. The number of nitrogens with zero attached hydrogens (tertiary/aromatic N) is 4. The zero-order chi connectivity index (χ0) is 24.1. The summed E-state index contributed by atoms with van der Waals surface area (Å²) in [5, 5.41) is 8.79. The van der Waals surface area contributed by atoms with E-state index in [0.717, 1.165) is 11.4 Å². The Hall–Kier alpha value is -3.88. The molecule has 8 nitrogen and oxygen atoms in total. The predicted octanol–water partition coefficient (Wildman–Crippen LogP) is 3.42. The number of halogens is 1. The Bertz CT molecular complexity index is 1120. The first kappa shape index (κ1) is 23.3. The normalized spacial score (nSPS) is 14.5. The second kappa shape index (κ2) is 10.4. The first-order chi connectivity index (χ1) is 16.5. The van der Waals surface area contributed by atoms with Crippen LogP contribution in [0.4, 0.5) is 10.2 Å². The minimum Gasteiger partial charge on any atom is -0.497 e. The molecule has 1 saturated heterocycles. The lowest BCUT2D eigenvalue weighted by Crippen LogP contribution is -2.52. The predicted molar refractivity (Wildman–Crippen MR) is 126 cm³/mol. The van der Waals surface area contributed by atoms with Crippen molar-refractivity contribution in [3.63, 3.8) is 0 Å². The molecule has 1 aromatic heterocycles. The molecule has 1 aliphatic heterocycles. The number of methoxy groups -OCH3 is 2. The fourth-order valence-corrected chi connectivity index (χ4v) is 3.83. The lowest BCUT2D eigenvalue weighted by Gasteiger charge is -2.36. The van der Waals surface area contributed by atoms with E-state index >= 15 is 0 Å². The Morgan fingerprint density at radius 1 is 0.912 bits per heavy atom. The van der Waals surface area contributed by atoms with Gasteiger partial charge in [-0.15, -0.1) is 10.2 Å². The van der Waals surface area contributed by atoms with Gasteiger partial charge in [-0.05, 0) is 61.5 Å². The molecule has 4 rings (SSSR count). The van der Waals surface area contributed by atoms with Crippen LogP contribution in [0.15, 0.2) is 54.6 Å². The summed E-state index contributed by atoms with van der Waals surface area (Å²) < 4.78 is 29.5. The van der Waals surface area contributed by atoms with Crippen LogP contribution < -0.4 is 19.1 Å². The third-order valence-corrected chi connectivity index (χ3v) is 5.72. The van der Waals surface area contributed by atoms with Crippen LogP contribution >= 0.6 is 0 Å². The molecule has 34 heavy (non-hydrogen) atoms. The fourth-order valence-electron chi connectivity index (χ4n) is 3.83. The average Bonchev–Trinajstić information content (AvgIpc) is 2.89. The molecule has 9 heteroatoms. The molecule has 0 N–H and O–H groups in total. The van der Waals surface area contributed by atoms with E-state index in [9.17, 15) is 9.18 Å². The summed E-state index contributed by atoms with van der Waals surface area (Å²) in [5.74, 6) is 2.15. The smallest absolute Gasteiger partial charge is 0.263 e. The summed E-state index contributed by atoms with van der Waals surface area (Å²) in [4.78, 5) is 16.6. The van der Waals surface area contributed by atoms with Crippen LogP contribution in [0, 0.1) is 5.82 Å². The third-order valence-electron chi connectivity index (χ3n) is 5.72. The Kier molecular flexibility index (Phi) is 7.10. The van der Waals surface area contributed by atoms with Crippen molar-refractivity contribution in [3.8, 4) is 28.5 Å². The van der Waals surface area contributed by atoms with Crippen molar-refractivity contribution in [2.45, 2.75) is 13.0 Å². The van der Waals surface area contributed by atoms with E-state index in [1.807, 2.05) is 30.3 Å². The summed E-state index contributed by atoms with van der Waals surface area (Å²) in [6, 6.07) is 15.0. The summed E-state index contributed by atoms with van der Waals surface area (Å²) in [6.07, 6.45) is -0.658. The van der Waals surface area contributed by atoms with Crippen LogP contribution in [0.3, 0.4) is 0 Å². The number of piperazine rings is 1. The second-order valence-electron chi connectivity index (χ2n) is 7.87. The van der Waals surface area contributed by atoms with Crippen LogP contribution in [-0.2, 0) is 4.79 Å². The van der Waals surface area contributed by atoms with Crippen molar-refractivity contribution in [2.24, 2.45) is 0 Å². The second-order valence-corrected chi connectivity index (χ2v) is 7.87. The van der Waals surface area contributed by atoms with E-state index < -0.39 is 6.10 Å². The molecule has 0 aliphatic carbocycles. The van der Waals surface area contributed by atoms with E-state index in [0.29, 0.717) is 49.1 Å². The van der Waals surface area contributed by atoms with Gasteiger partial charge in [0, 0.05) is 31.7 Å². The highest BCUT2D eigenvalue weighted by molar-refractivity contribution is 5.81. The van der Waals surface area contributed by atoms with Gasteiger partial charge in [-0.2, -0.15) is 0 Å². The number of ether oxygens (including phenoxy) is 3. The van der Waals surface area contributed by atoms with Crippen molar-refractivity contribution in [1.29, 1.82) is 0 Å². The first-order valence-corrected chi connectivity index (χ1v) is 11.0. The molecule has 1 unspecified atom stereocenters. The van der Waals surface area contributed by atoms with Crippen LogP contribution in [0.2, 0.25) is 0 Å². The number of hydrogen-bond acceptors (Lipinski definition) is 7. The summed E-state index contributed by atoms with van der Waals surface area (Å²) in [6.45, 7) is 4.05. The van der Waals surface area contributed by atoms with Gasteiger partial charge in [-0.3, -0.25) is 4.79 Å². The maximum absolute atomic E-state index is 13.1. The topological polar surface area (TPSA) is 77.0 Å². The molecule has 1 amide bonds. The van der Waals surface area contributed by atoms with Crippen molar-refractivity contribution < 1.29 is 23.4 Å². The largest absolute Gasteiger partial charge is 0.497 e. The number of carbonyl (C=O) groups is 1. The van der Waals surface area contributed by atoms with Gasteiger partial charge >= 0.3 is 0 Å². The first-order valence-electron chi connectivity index (χ1n) is 11.0. The highest BCUT2D eigenvalue weighted by atomic mass is 19.1. The third kappa shape index (κ3) is 5.19. The molecule has 1 fully saturated rings. The molecular weight excluding hydrogens is 439 g/mol. The molecule has 3 aromatic rings. The van der Waals surface area contributed by atoms with Crippen molar-refractivity contribution in [1.82, 2.24) is 15.1 Å². The van der Waals surface area contributed by atoms with E-state index in [1.165, 1.54) is 24.3 Å².